The summed E-state index contributed by atoms with van der Waals surface area (Å²) < 4.78 is 5.89. The van der Waals surface area contributed by atoms with Crippen molar-refractivity contribution in [3.63, 3.8) is 0 Å². The molecule has 0 aromatic heterocycles. The Labute approximate surface area is 85.4 Å². The van der Waals surface area contributed by atoms with Gasteiger partial charge in [-0.3, -0.25) is 0 Å². The van der Waals surface area contributed by atoms with Crippen LogP contribution in [0.5, 0.6) is 5.75 Å². The molecule has 1 aliphatic heterocycles. The summed E-state index contributed by atoms with van der Waals surface area (Å²) in [5, 5.41) is 0. The van der Waals surface area contributed by atoms with Gasteiger partial charge in [0.25, 0.3) is 0 Å². The molecule has 14 heavy (non-hydrogen) atoms. The van der Waals surface area contributed by atoms with Crippen molar-refractivity contribution in [3.8, 4) is 5.75 Å². The van der Waals surface area contributed by atoms with Crippen molar-refractivity contribution in [1.29, 1.82) is 0 Å². The molecule has 0 fully saturated rings. The van der Waals surface area contributed by atoms with E-state index in [0.29, 0.717) is 5.92 Å². The van der Waals surface area contributed by atoms with Gasteiger partial charge in [-0.1, -0.05) is 32.1 Å². The first-order valence-corrected chi connectivity index (χ1v) is 5.12. The van der Waals surface area contributed by atoms with Crippen LogP contribution in [0.3, 0.4) is 0 Å². The molecule has 1 aromatic rings. The monoisotopic (exact) mass is 188 g/mol. The first-order valence-electron chi connectivity index (χ1n) is 5.12. The minimum Gasteiger partial charge on any atom is -0.485 e. The third kappa shape index (κ3) is 1.67. The molecular weight excluding hydrogens is 172 g/mol. The Morgan fingerprint density at radius 1 is 1.29 bits per heavy atom. The van der Waals surface area contributed by atoms with E-state index in [1.165, 1.54) is 11.1 Å². The van der Waals surface area contributed by atoms with Crippen molar-refractivity contribution >= 4 is 6.08 Å². The molecule has 0 radical (unpaired) electrons. The molecule has 1 heterocycles. The molecule has 1 nitrogen and oxygen atoms in total. The van der Waals surface area contributed by atoms with E-state index in [2.05, 4.69) is 51.1 Å². The predicted octanol–water partition coefficient (Wildman–Crippen LogP) is 3.43. The zero-order valence-corrected chi connectivity index (χ0v) is 8.95. The van der Waals surface area contributed by atoms with Gasteiger partial charge in [-0.15, -0.1) is 0 Å². The van der Waals surface area contributed by atoms with Gasteiger partial charge >= 0.3 is 0 Å². The highest BCUT2D eigenvalue weighted by Gasteiger charge is 2.17. The molecule has 0 amide bonds. The van der Waals surface area contributed by atoms with Crippen molar-refractivity contribution in [2.24, 2.45) is 5.92 Å². The number of rotatable bonds is 1. The Balaban J connectivity index is 2.32. The summed E-state index contributed by atoms with van der Waals surface area (Å²) in [6.07, 6.45) is 4.52. The maximum atomic E-state index is 5.89. The van der Waals surface area contributed by atoms with Gasteiger partial charge in [0.1, 0.15) is 11.9 Å². The molecule has 1 atom stereocenters. The van der Waals surface area contributed by atoms with Crippen molar-refractivity contribution in [2.75, 3.05) is 0 Å². The summed E-state index contributed by atoms with van der Waals surface area (Å²) in [5.41, 5.74) is 2.44. The molecule has 74 valence electrons. The summed E-state index contributed by atoms with van der Waals surface area (Å²) >= 11 is 0. The molecule has 2 rings (SSSR count). The molecule has 0 spiro atoms. The van der Waals surface area contributed by atoms with Gasteiger partial charge in [0, 0.05) is 5.56 Å². The lowest BCUT2D eigenvalue weighted by molar-refractivity contribution is 0.194. The molecule has 0 N–H and O–H groups in total. The number of hydrogen-bond donors (Lipinski definition) is 0. The fraction of sp³-hybridized carbons (Fsp3) is 0.385. The third-order valence-corrected chi connectivity index (χ3v) is 2.55. The molecular formula is C13H16O. The highest BCUT2D eigenvalue weighted by atomic mass is 16.5. The quantitative estimate of drug-likeness (QED) is 0.656. The van der Waals surface area contributed by atoms with E-state index < -0.39 is 0 Å². The third-order valence-electron chi connectivity index (χ3n) is 2.55. The summed E-state index contributed by atoms with van der Waals surface area (Å²) in [6.45, 7) is 6.44. The molecule has 1 aliphatic rings. The van der Waals surface area contributed by atoms with E-state index in [0.717, 1.165) is 5.75 Å². The van der Waals surface area contributed by atoms with E-state index in [9.17, 15) is 0 Å². The standard InChI is InChI=1S/C13H16O/c1-9(2)12-7-6-11-5-4-10(3)8-13(11)14-12/h4-9,12H,1-3H3. The van der Waals surface area contributed by atoms with E-state index in [1.807, 2.05) is 0 Å². The van der Waals surface area contributed by atoms with Gasteiger partial charge in [0.2, 0.25) is 0 Å². The van der Waals surface area contributed by atoms with Gasteiger partial charge in [0.05, 0.1) is 0 Å². The highest BCUT2D eigenvalue weighted by Crippen LogP contribution is 2.28. The second-order valence-corrected chi connectivity index (χ2v) is 4.23. The topological polar surface area (TPSA) is 9.23 Å². The first kappa shape index (κ1) is 9.32. The Kier molecular flexibility index (Phi) is 2.32. The summed E-state index contributed by atoms with van der Waals surface area (Å²) in [6, 6.07) is 6.33. The molecule has 0 saturated heterocycles. The van der Waals surface area contributed by atoms with Crippen LogP contribution in [0.2, 0.25) is 0 Å². The van der Waals surface area contributed by atoms with Crippen LogP contribution in [-0.2, 0) is 0 Å². The zero-order chi connectivity index (χ0) is 10.1. The number of fused-ring (bicyclic) bond motifs is 1. The molecule has 1 aromatic carbocycles. The van der Waals surface area contributed by atoms with Crippen LogP contribution in [0.1, 0.15) is 25.0 Å². The van der Waals surface area contributed by atoms with Gasteiger partial charge in [0.15, 0.2) is 0 Å². The number of aryl methyl sites for hydroxylation is 1. The van der Waals surface area contributed by atoms with Crippen LogP contribution in [0.15, 0.2) is 24.3 Å². The molecule has 0 aliphatic carbocycles. The zero-order valence-electron chi connectivity index (χ0n) is 8.95. The van der Waals surface area contributed by atoms with Gasteiger partial charge in [-0.25, -0.2) is 0 Å². The van der Waals surface area contributed by atoms with Gasteiger partial charge < -0.3 is 4.74 Å². The fourth-order valence-electron chi connectivity index (χ4n) is 1.62. The number of ether oxygens (including phenoxy) is 1. The second-order valence-electron chi connectivity index (χ2n) is 4.23. The summed E-state index contributed by atoms with van der Waals surface area (Å²) in [7, 11) is 0. The van der Waals surface area contributed by atoms with Crippen molar-refractivity contribution in [1.82, 2.24) is 0 Å². The maximum Gasteiger partial charge on any atom is 0.127 e. The Morgan fingerprint density at radius 2 is 2.07 bits per heavy atom. The van der Waals surface area contributed by atoms with Crippen LogP contribution < -0.4 is 4.74 Å². The molecule has 1 heteroatoms. The average Bonchev–Trinajstić information content (AvgIpc) is 2.16. The van der Waals surface area contributed by atoms with Crippen molar-refractivity contribution < 1.29 is 4.74 Å². The highest BCUT2D eigenvalue weighted by molar-refractivity contribution is 5.60. The minimum absolute atomic E-state index is 0.226. The van der Waals surface area contributed by atoms with Gasteiger partial charge in [-0.05, 0) is 30.5 Å². The smallest absolute Gasteiger partial charge is 0.127 e. The minimum atomic E-state index is 0.226. The van der Waals surface area contributed by atoms with Crippen LogP contribution in [-0.4, -0.2) is 6.10 Å². The van der Waals surface area contributed by atoms with Crippen LogP contribution >= 0.6 is 0 Å². The summed E-state index contributed by atoms with van der Waals surface area (Å²) in [4.78, 5) is 0. The van der Waals surface area contributed by atoms with E-state index >= 15 is 0 Å². The SMILES string of the molecule is Cc1ccc2c(c1)OC(C(C)C)C=C2. The van der Waals surface area contributed by atoms with E-state index in [4.69, 9.17) is 4.74 Å². The number of benzene rings is 1. The Bertz CT molecular complexity index is 363. The van der Waals surface area contributed by atoms with E-state index in [-0.39, 0.29) is 6.10 Å². The Hall–Kier alpha value is -1.24. The first-order chi connectivity index (χ1) is 6.66. The second kappa shape index (κ2) is 3.49. The Morgan fingerprint density at radius 3 is 2.79 bits per heavy atom. The lowest BCUT2D eigenvalue weighted by Gasteiger charge is -2.24. The lowest BCUT2D eigenvalue weighted by atomic mass is 10.0. The van der Waals surface area contributed by atoms with E-state index in [1.54, 1.807) is 0 Å². The van der Waals surface area contributed by atoms with Crippen molar-refractivity contribution in [3.05, 3.63) is 35.4 Å². The normalized spacial score (nSPS) is 19.3. The fourth-order valence-corrected chi connectivity index (χ4v) is 1.62. The predicted molar refractivity (Wildman–Crippen MR) is 59.5 cm³/mol. The molecule has 0 bridgehead atoms. The largest absolute Gasteiger partial charge is 0.485 e. The maximum absolute atomic E-state index is 5.89. The van der Waals surface area contributed by atoms with Gasteiger partial charge in [-0.2, -0.15) is 0 Å². The molecule has 1 unspecified atom stereocenters. The lowest BCUT2D eigenvalue weighted by Crippen LogP contribution is -2.22. The van der Waals surface area contributed by atoms with Crippen molar-refractivity contribution in [2.45, 2.75) is 26.9 Å². The average molecular weight is 188 g/mol. The van der Waals surface area contributed by atoms with Crippen LogP contribution in [0, 0.1) is 12.8 Å². The molecule has 0 saturated carbocycles. The number of hydrogen-bond acceptors (Lipinski definition) is 1. The summed E-state index contributed by atoms with van der Waals surface area (Å²) in [5.74, 6) is 1.55. The van der Waals surface area contributed by atoms with Crippen LogP contribution in [0.4, 0.5) is 0 Å². The van der Waals surface area contributed by atoms with Crippen LogP contribution in [0.25, 0.3) is 6.08 Å².